The molecule has 1 aromatic rings. The van der Waals surface area contributed by atoms with Crippen LogP contribution >= 0.6 is 24.8 Å². The van der Waals surface area contributed by atoms with E-state index in [9.17, 15) is 4.79 Å². The summed E-state index contributed by atoms with van der Waals surface area (Å²) in [5.41, 5.74) is 6.38. The molecule has 1 aliphatic rings. The molecule has 0 saturated carbocycles. The number of piperidine rings is 1. The van der Waals surface area contributed by atoms with Gasteiger partial charge in [-0.15, -0.1) is 24.8 Å². The van der Waals surface area contributed by atoms with Crippen molar-refractivity contribution < 1.29 is 4.79 Å². The molecule has 0 radical (unpaired) electrons. The third kappa shape index (κ3) is 4.80. The molecule has 102 valence electrons. The lowest BCUT2D eigenvalue weighted by Gasteiger charge is -2.30. The molecule has 1 aliphatic heterocycles. The van der Waals surface area contributed by atoms with E-state index in [4.69, 9.17) is 5.73 Å². The average Bonchev–Trinajstić information content (AvgIpc) is 2.31. The summed E-state index contributed by atoms with van der Waals surface area (Å²) < 4.78 is 0. The van der Waals surface area contributed by atoms with Gasteiger partial charge in [-0.25, -0.2) is 0 Å². The Morgan fingerprint density at radius 2 is 2.00 bits per heavy atom. The number of amides is 1. The van der Waals surface area contributed by atoms with Gasteiger partial charge in [0.15, 0.2) is 0 Å². The lowest BCUT2D eigenvalue weighted by molar-refractivity contribution is -0.123. The first-order valence-corrected chi connectivity index (χ1v) is 5.67. The molecule has 0 bridgehead atoms. The van der Waals surface area contributed by atoms with Crippen molar-refractivity contribution in [2.45, 2.75) is 19.4 Å². The van der Waals surface area contributed by atoms with Gasteiger partial charge in [-0.3, -0.25) is 14.7 Å². The Labute approximate surface area is 120 Å². The Morgan fingerprint density at radius 3 is 2.50 bits per heavy atom. The Balaban J connectivity index is 0.00000144. The fourth-order valence-electron chi connectivity index (χ4n) is 2.10. The van der Waals surface area contributed by atoms with Crippen molar-refractivity contribution in [3.8, 4) is 0 Å². The highest BCUT2D eigenvalue weighted by atomic mass is 35.5. The monoisotopic (exact) mass is 291 g/mol. The zero-order chi connectivity index (χ0) is 11.4. The number of likely N-dealkylation sites (tertiary alicyclic amines) is 1. The van der Waals surface area contributed by atoms with Crippen LogP contribution in [0.1, 0.15) is 18.5 Å². The normalized spacial score (nSPS) is 16.4. The SMILES string of the molecule is Cl.Cl.NC(=O)C1CCN(Cc2ccccn2)CC1. The number of carbonyl (C=O) groups excluding carboxylic acids is 1. The minimum atomic E-state index is -0.155. The van der Waals surface area contributed by atoms with Gasteiger partial charge in [-0.2, -0.15) is 0 Å². The Bertz CT molecular complexity index is 354. The smallest absolute Gasteiger partial charge is 0.220 e. The summed E-state index contributed by atoms with van der Waals surface area (Å²) in [5.74, 6) is -0.0857. The van der Waals surface area contributed by atoms with Crippen LogP contribution in [0, 0.1) is 5.92 Å². The van der Waals surface area contributed by atoms with Crippen molar-refractivity contribution in [3.63, 3.8) is 0 Å². The number of nitrogens with two attached hydrogens (primary N) is 1. The predicted molar refractivity (Wildman–Crippen MR) is 75.9 cm³/mol. The van der Waals surface area contributed by atoms with E-state index in [1.807, 2.05) is 24.4 Å². The lowest BCUT2D eigenvalue weighted by Crippen LogP contribution is -2.38. The second-order valence-corrected chi connectivity index (χ2v) is 4.27. The van der Waals surface area contributed by atoms with Gasteiger partial charge in [-0.05, 0) is 38.1 Å². The van der Waals surface area contributed by atoms with Crippen molar-refractivity contribution in [2.24, 2.45) is 11.7 Å². The summed E-state index contributed by atoms with van der Waals surface area (Å²) in [4.78, 5) is 17.6. The van der Waals surface area contributed by atoms with Gasteiger partial charge in [0.2, 0.25) is 5.91 Å². The molecule has 18 heavy (non-hydrogen) atoms. The summed E-state index contributed by atoms with van der Waals surface area (Å²) in [5, 5.41) is 0. The number of nitrogens with zero attached hydrogens (tertiary/aromatic N) is 2. The van der Waals surface area contributed by atoms with Crippen LogP contribution in [0.3, 0.4) is 0 Å². The molecule has 1 amide bonds. The van der Waals surface area contributed by atoms with Gasteiger partial charge in [0.1, 0.15) is 0 Å². The zero-order valence-corrected chi connectivity index (χ0v) is 11.8. The highest BCUT2D eigenvalue weighted by Gasteiger charge is 2.22. The van der Waals surface area contributed by atoms with Crippen LogP contribution in [0.4, 0.5) is 0 Å². The average molecular weight is 292 g/mol. The second kappa shape index (κ2) is 8.29. The van der Waals surface area contributed by atoms with Crippen LogP contribution < -0.4 is 5.73 Å². The number of aromatic nitrogens is 1. The second-order valence-electron chi connectivity index (χ2n) is 4.27. The Hall–Kier alpha value is -0.840. The van der Waals surface area contributed by atoms with Crippen molar-refractivity contribution in [3.05, 3.63) is 30.1 Å². The van der Waals surface area contributed by atoms with Gasteiger partial charge in [0.05, 0.1) is 5.69 Å². The van der Waals surface area contributed by atoms with Crippen LogP contribution in [-0.4, -0.2) is 28.9 Å². The van der Waals surface area contributed by atoms with Gasteiger partial charge in [-0.1, -0.05) is 6.07 Å². The molecule has 2 N–H and O–H groups in total. The molecule has 2 heterocycles. The topological polar surface area (TPSA) is 59.2 Å². The van der Waals surface area contributed by atoms with E-state index in [2.05, 4.69) is 9.88 Å². The maximum Gasteiger partial charge on any atom is 0.220 e. The number of hydrogen-bond donors (Lipinski definition) is 1. The number of pyridine rings is 1. The first-order valence-electron chi connectivity index (χ1n) is 5.67. The minimum absolute atomic E-state index is 0. The minimum Gasteiger partial charge on any atom is -0.369 e. The van der Waals surface area contributed by atoms with Crippen LogP contribution in [0.5, 0.6) is 0 Å². The third-order valence-corrected chi connectivity index (χ3v) is 3.10. The van der Waals surface area contributed by atoms with Crippen LogP contribution in [0.15, 0.2) is 24.4 Å². The van der Waals surface area contributed by atoms with Crippen molar-refractivity contribution >= 4 is 30.7 Å². The maximum atomic E-state index is 11.0. The van der Waals surface area contributed by atoms with Crippen molar-refractivity contribution in [1.82, 2.24) is 9.88 Å². The summed E-state index contributed by atoms with van der Waals surface area (Å²) in [6, 6.07) is 5.95. The highest BCUT2D eigenvalue weighted by molar-refractivity contribution is 5.85. The van der Waals surface area contributed by atoms with Gasteiger partial charge in [0.25, 0.3) is 0 Å². The lowest BCUT2D eigenvalue weighted by atomic mass is 9.96. The summed E-state index contributed by atoms with van der Waals surface area (Å²) in [6.07, 6.45) is 3.57. The fraction of sp³-hybridized carbons (Fsp3) is 0.500. The van der Waals surface area contributed by atoms with Gasteiger partial charge < -0.3 is 5.73 Å². The molecule has 0 atom stereocenters. The van der Waals surface area contributed by atoms with E-state index in [1.165, 1.54) is 0 Å². The molecule has 1 saturated heterocycles. The summed E-state index contributed by atoms with van der Waals surface area (Å²) >= 11 is 0. The van der Waals surface area contributed by atoms with Crippen molar-refractivity contribution in [2.75, 3.05) is 13.1 Å². The molecular weight excluding hydrogens is 273 g/mol. The quantitative estimate of drug-likeness (QED) is 0.921. The first-order chi connectivity index (χ1) is 7.75. The van der Waals surface area contributed by atoms with Crippen LogP contribution in [0.2, 0.25) is 0 Å². The van der Waals surface area contributed by atoms with E-state index in [1.54, 1.807) is 0 Å². The fourth-order valence-corrected chi connectivity index (χ4v) is 2.10. The molecular formula is C12H19Cl2N3O. The largest absolute Gasteiger partial charge is 0.369 e. The molecule has 0 unspecified atom stereocenters. The summed E-state index contributed by atoms with van der Waals surface area (Å²) in [7, 11) is 0. The number of primary amides is 1. The Morgan fingerprint density at radius 1 is 1.33 bits per heavy atom. The molecule has 6 heteroatoms. The number of rotatable bonds is 3. The molecule has 0 aromatic carbocycles. The van der Waals surface area contributed by atoms with Crippen molar-refractivity contribution in [1.29, 1.82) is 0 Å². The van der Waals surface area contributed by atoms with E-state index in [0.717, 1.165) is 38.2 Å². The molecule has 1 aromatic heterocycles. The number of carbonyl (C=O) groups is 1. The molecule has 0 aliphatic carbocycles. The van der Waals surface area contributed by atoms with E-state index < -0.39 is 0 Å². The number of hydrogen-bond acceptors (Lipinski definition) is 3. The van der Waals surface area contributed by atoms with Crippen LogP contribution in [-0.2, 0) is 11.3 Å². The molecule has 1 fully saturated rings. The van der Waals surface area contributed by atoms with Gasteiger partial charge in [0, 0.05) is 18.7 Å². The first kappa shape index (κ1) is 17.2. The molecule has 4 nitrogen and oxygen atoms in total. The zero-order valence-electron chi connectivity index (χ0n) is 10.1. The third-order valence-electron chi connectivity index (χ3n) is 3.10. The highest BCUT2D eigenvalue weighted by Crippen LogP contribution is 2.17. The molecule has 2 rings (SSSR count). The summed E-state index contributed by atoms with van der Waals surface area (Å²) in [6.45, 7) is 2.74. The van der Waals surface area contributed by atoms with Gasteiger partial charge >= 0.3 is 0 Å². The van der Waals surface area contributed by atoms with E-state index in [-0.39, 0.29) is 36.6 Å². The molecule has 0 spiro atoms. The standard InChI is InChI=1S/C12H17N3O.2ClH/c13-12(16)10-4-7-15(8-5-10)9-11-3-1-2-6-14-11;;/h1-3,6,10H,4-5,7-9H2,(H2,13,16);2*1H. The van der Waals surface area contributed by atoms with E-state index in [0.29, 0.717) is 0 Å². The predicted octanol–water partition coefficient (Wildman–Crippen LogP) is 1.62. The Kier molecular flexibility index (Phi) is 7.91. The number of halogens is 2. The maximum absolute atomic E-state index is 11.0. The van der Waals surface area contributed by atoms with Crippen LogP contribution in [0.25, 0.3) is 0 Å². The van der Waals surface area contributed by atoms with E-state index >= 15 is 0 Å².